The number of carbonyl (C=O) groups is 2. The molecule has 2 bridgehead atoms. The lowest BCUT2D eigenvalue weighted by molar-refractivity contribution is -0.148. The fourth-order valence-electron chi connectivity index (χ4n) is 5.59. The summed E-state index contributed by atoms with van der Waals surface area (Å²) in [4.78, 5) is 26.1. The Labute approximate surface area is 211 Å². The van der Waals surface area contributed by atoms with Crippen molar-refractivity contribution in [3.05, 3.63) is 59.7 Å². The van der Waals surface area contributed by atoms with Crippen LogP contribution in [0.5, 0.6) is 5.75 Å². The van der Waals surface area contributed by atoms with E-state index in [1.165, 1.54) is 0 Å². The highest BCUT2D eigenvalue weighted by Gasteiger charge is 2.46. The van der Waals surface area contributed by atoms with Gasteiger partial charge in [-0.05, 0) is 37.1 Å². The maximum absolute atomic E-state index is 13.2. The van der Waals surface area contributed by atoms with Crippen molar-refractivity contribution in [3.8, 4) is 5.75 Å². The summed E-state index contributed by atoms with van der Waals surface area (Å²) >= 11 is 0. The number of rotatable bonds is 7. The maximum atomic E-state index is 13.2. The van der Waals surface area contributed by atoms with E-state index in [4.69, 9.17) is 14.2 Å². The van der Waals surface area contributed by atoms with Gasteiger partial charge in [-0.25, -0.2) is 0 Å². The fourth-order valence-corrected chi connectivity index (χ4v) is 5.59. The average Bonchev–Trinajstić information content (AvgIpc) is 3.00. The predicted octanol–water partition coefficient (Wildman–Crippen LogP) is 3.31. The molecule has 0 saturated carbocycles. The van der Waals surface area contributed by atoms with Crippen molar-refractivity contribution in [1.82, 2.24) is 5.32 Å². The van der Waals surface area contributed by atoms with Crippen molar-refractivity contribution < 1.29 is 28.9 Å². The Morgan fingerprint density at radius 3 is 2.72 bits per heavy atom. The molecule has 36 heavy (non-hydrogen) atoms. The van der Waals surface area contributed by atoms with Crippen molar-refractivity contribution in [2.75, 3.05) is 25.1 Å². The number of carbonyl (C=O) groups excluding carboxylic acids is 2. The average molecular weight is 495 g/mol. The summed E-state index contributed by atoms with van der Waals surface area (Å²) in [5, 5.41) is 16.2. The minimum atomic E-state index is -0.710. The third-order valence-corrected chi connectivity index (χ3v) is 7.43. The summed E-state index contributed by atoms with van der Waals surface area (Å²) in [5.41, 5.74) is 2.65. The molecule has 0 aromatic heterocycles. The zero-order valence-electron chi connectivity index (χ0n) is 20.5. The first-order valence-electron chi connectivity index (χ1n) is 12.8. The maximum Gasteiger partial charge on any atom is 0.230 e. The highest BCUT2D eigenvalue weighted by atomic mass is 16.5. The first kappa shape index (κ1) is 24.7. The standard InChI is InChI=1S/C28H34N2O6/c1-17(18-5-3-2-4-6-18)29-26(32)15-21-14-23-22-13-19(30-28(33)27(23)25(16-31)36-21)7-8-24(22)35-20-9-11-34-12-10-20/h2-8,13,17,20-21,23,25,27,31H,9-12,14-16H2,1H3,(H,29,32)(H,30,33)/t17-,21-,23-,25+,27+/m0/s1. The molecule has 0 spiro atoms. The van der Waals surface area contributed by atoms with Crippen LogP contribution in [-0.4, -0.2) is 55.1 Å². The van der Waals surface area contributed by atoms with Crippen LogP contribution >= 0.6 is 0 Å². The van der Waals surface area contributed by atoms with Gasteiger partial charge >= 0.3 is 0 Å². The van der Waals surface area contributed by atoms with Gasteiger partial charge in [0.15, 0.2) is 0 Å². The van der Waals surface area contributed by atoms with Gasteiger partial charge in [-0.15, -0.1) is 0 Å². The van der Waals surface area contributed by atoms with E-state index in [0.29, 0.717) is 25.3 Å². The molecule has 0 aliphatic carbocycles. The topological polar surface area (TPSA) is 106 Å². The predicted molar refractivity (Wildman–Crippen MR) is 134 cm³/mol. The second kappa shape index (κ2) is 11.0. The largest absolute Gasteiger partial charge is 0.490 e. The number of amides is 2. The highest BCUT2D eigenvalue weighted by Crippen LogP contribution is 2.46. The molecule has 8 heteroatoms. The van der Waals surface area contributed by atoms with E-state index in [1.54, 1.807) is 0 Å². The Hall–Kier alpha value is -2.94. The third kappa shape index (κ3) is 5.40. The minimum absolute atomic E-state index is 0.0562. The van der Waals surface area contributed by atoms with Crippen molar-refractivity contribution in [3.63, 3.8) is 0 Å². The van der Waals surface area contributed by atoms with Gasteiger partial charge in [0.2, 0.25) is 11.8 Å². The summed E-state index contributed by atoms with van der Waals surface area (Å²) in [7, 11) is 0. The molecule has 2 saturated heterocycles. The number of fused-ring (bicyclic) bond motifs is 4. The molecule has 3 N–H and O–H groups in total. The molecule has 192 valence electrons. The summed E-state index contributed by atoms with van der Waals surface area (Å²) in [6.45, 7) is 2.98. The lowest BCUT2D eigenvalue weighted by Gasteiger charge is -2.40. The molecule has 3 aliphatic rings. The number of hydrogen-bond donors (Lipinski definition) is 3. The Balaban J connectivity index is 1.35. The second-order valence-corrected chi connectivity index (χ2v) is 9.92. The van der Waals surface area contributed by atoms with Crippen LogP contribution in [0, 0.1) is 5.92 Å². The lowest BCUT2D eigenvalue weighted by Crippen LogP contribution is -2.48. The molecule has 0 radical (unpaired) electrons. The van der Waals surface area contributed by atoms with Crippen molar-refractivity contribution in [2.24, 2.45) is 5.92 Å². The lowest BCUT2D eigenvalue weighted by atomic mass is 9.76. The van der Waals surface area contributed by atoms with Crippen LogP contribution in [0.4, 0.5) is 5.69 Å². The van der Waals surface area contributed by atoms with Crippen molar-refractivity contribution in [1.29, 1.82) is 0 Å². The molecular formula is C28H34N2O6. The van der Waals surface area contributed by atoms with Crippen LogP contribution in [0.2, 0.25) is 0 Å². The molecule has 2 aromatic carbocycles. The number of hydrogen-bond acceptors (Lipinski definition) is 6. The Morgan fingerprint density at radius 1 is 1.19 bits per heavy atom. The van der Waals surface area contributed by atoms with Crippen LogP contribution < -0.4 is 15.4 Å². The number of aliphatic hydroxyl groups is 1. The molecule has 2 fully saturated rings. The quantitative estimate of drug-likeness (QED) is 0.545. The first-order chi connectivity index (χ1) is 17.5. The minimum Gasteiger partial charge on any atom is -0.490 e. The SMILES string of the molecule is C[C@H](NC(=O)C[C@@H]1C[C@H]2c3cc(ccc3OC3CCOCC3)NC(=O)[C@H]2[C@@H](CO)O1)c1ccccc1. The van der Waals surface area contributed by atoms with E-state index < -0.39 is 18.1 Å². The molecular weight excluding hydrogens is 460 g/mol. The number of anilines is 1. The van der Waals surface area contributed by atoms with Gasteiger partial charge in [-0.3, -0.25) is 9.59 Å². The van der Waals surface area contributed by atoms with E-state index in [9.17, 15) is 14.7 Å². The summed E-state index contributed by atoms with van der Waals surface area (Å²) in [5.74, 6) is -0.376. The van der Waals surface area contributed by atoms with E-state index >= 15 is 0 Å². The van der Waals surface area contributed by atoms with Crippen LogP contribution in [0.25, 0.3) is 0 Å². The zero-order chi connectivity index (χ0) is 25.1. The van der Waals surface area contributed by atoms with Crippen LogP contribution in [0.1, 0.15) is 55.7 Å². The number of aliphatic hydroxyl groups excluding tert-OH is 1. The molecule has 2 amide bonds. The highest BCUT2D eigenvalue weighted by molar-refractivity contribution is 5.95. The number of ether oxygens (including phenoxy) is 3. The van der Waals surface area contributed by atoms with E-state index in [1.807, 2.05) is 55.5 Å². The fraction of sp³-hybridized carbons (Fsp3) is 0.500. The van der Waals surface area contributed by atoms with Gasteiger partial charge in [0.05, 0.1) is 50.4 Å². The molecule has 3 aliphatic heterocycles. The smallest absolute Gasteiger partial charge is 0.230 e. The molecule has 5 rings (SSSR count). The Morgan fingerprint density at radius 2 is 1.97 bits per heavy atom. The van der Waals surface area contributed by atoms with Gasteiger partial charge in [0, 0.05) is 30.0 Å². The van der Waals surface area contributed by atoms with Gasteiger partial charge in [-0.2, -0.15) is 0 Å². The summed E-state index contributed by atoms with van der Waals surface area (Å²) in [6.07, 6.45) is 1.17. The third-order valence-electron chi connectivity index (χ3n) is 7.43. The molecule has 0 unspecified atom stereocenters. The van der Waals surface area contributed by atoms with Gasteiger partial charge in [0.25, 0.3) is 0 Å². The van der Waals surface area contributed by atoms with E-state index in [0.717, 1.165) is 29.7 Å². The monoisotopic (exact) mass is 494 g/mol. The molecule has 5 atom stereocenters. The van der Waals surface area contributed by atoms with Crippen LogP contribution in [-0.2, 0) is 19.1 Å². The summed E-state index contributed by atoms with van der Waals surface area (Å²) < 4.78 is 18.0. The van der Waals surface area contributed by atoms with Crippen LogP contribution in [0.3, 0.4) is 0 Å². The van der Waals surface area contributed by atoms with Gasteiger partial charge in [-0.1, -0.05) is 30.3 Å². The molecule has 3 heterocycles. The van der Waals surface area contributed by atoms with E-state index in [-0.39, 0.29) is 42.9 Å². The number of benzene rings is 2. The number of nitrogens with one attached hydrogen (secondary N) is 2. The Bertz CT molecular complexity index is 1070. The normalized spacial score (nSPS) is 26.8. The van der Waals surface area contributed by atoms with Gasteiger partial charge in [0.1, 0.15) is 11.9 Å². The molecule has 2 aromatic rings. The van der Waals surface area contributed by atoms with Crippen molar-refractivity contribution in [2.45, 2.75) is 62.9 Å². The second-order valence-electron chi connectivity index (χ2n) is 9.92. The zero-order valence-corrected chi connectivity index (χ0v) is 20.5. The van der Waals surface area contributed by atoms with Crippen molar-refractivity contribution >= 4 is 17.5 Å². The first-order valence-corrected chi connectivity index (χ1v) is 12.8. The summed E-state index contributed by atoms with van der Waals surface area (Å²) in [6, 6.07) is 15.4. The van der Waals surface area contributed by atoms with Crippen LogP contribution in [0.15, 0.2) is 48.5 Å². The van der Waals surface area contributed by atoms with E-state index in [2.05, 4.69) is 10.6 Å². The Kier molecular flexibility index (Phi) is 7.55. The molecule has 8 nitrogen and oxygen atoms in total. The van der Waals surface area contributed by atoms with Gasteiger partial charge < -0.3 is 30.0 Å².